The molecule has 0 saturated carbocycles. The van der Waals surface area contributed by atoms with Crippen LogP contribution in [0.4, 0.5) is 0 Å². The number of hydrogen-bond donors (Lipinski definition) is 1. The lowest BCUT2D eigenvalue weighted by atomic mass is 10.3. The molecule has 1 amide bonds. The summed E-state index contributed by atoms with van der Waals surface area (Å²) in [5, 5.41) is 8.48. The number of aliphatic carboxylic acids is 1. The Bertz CT molecular complexity index is 230. The number of carbonyl (C=O) groups excluding carboxylic acids is 1. The first-order valence-electron chi connectivity index (χ1n) is 4.77. The van der Waals surface area contributed by atoms with E-state index in [1.165, 1.54) is 0 Å². The standard InChI is InChI=1S/C9H16N2O3/c1-10-3-2-4-11(6-5-10)8(12)7-9(13)14/h2-7H2,1H3,(H,13,14). The Morgan fingerprint density at radius 3 is 2.57 bits per heavy atom. The lowest BCUT2D eigenvalue weighted by Gasteiger charge is -2.19. The fourth-order valence-corrected chi connectivity index (χ4v) is 1.54. The number of hydrogen-bond acceptors (Lipinski definition) is 3. The molecule has 0 bridgehead atoms. The molecular weight excluding hydrogens is 184 g/mol. The number of amides is 1. The van der Waals surface area contributed by atoms with Crippen LogP contribution in [0, 0.1) is 0 Å². The van der Waals surface area contributed by atoms with Crippen molar-refractivity contribution in [2.45, 2.75) is 12.8 Å². The van der Waals surface area contributed by atoms with Gasteiger partial charge < -0.3 is 14.9 Å². The molecule has 80 valence electrons. The molecule has 5 heteroatoms. The van der Waals surface area contributed by atoms with E-state index < -0.39 is 5.97 Å². The maximum atomic E-state index is 11.4. The van der Waals surface area contributed by atoms with Crippen LogP contribution in [0.3, 0.4) is 0 Å². The minimum Gasteiger partial charge on any atom is -0.481 e. The summed E-state index contributed by atoms with van der Waals surface area (Å²) in [6.45, 7) is 3.11. The third kappa shape index (κ3) is 3.33. The first-order valence-corrected chi connectivity index (χ1v) is 4.77. The Hall–Kier alpha value is -1.10. The Labute approximate surface area is 83.3 Å². The predicted octanol–water partition coefficient (Wildman–Crippen LogP) is -0.375. The Morgan fingerprint density at radius 1 is 1.21 bits per heavy atom. The van der Waals surface area contributed by atoms with Crippen molar-refractivity contribution in [3.05, 3.63) is 0 Å². The van der Waals surface area contributed by atoms with Gasteiger partial charge in [0.05, 0.1) is 0 Å². The van der Waals surface area contributed by atoms with Crippen molar-refractivity contribution >= 4 is 11.9 Å². The SMILES string of the molecule is CN1CCCN(C(=O)CC(=O)O)CC1. The summed E-state index contributed by atoms with van der Waals surface area (Å²) >= 11 is 0. The molecule has 5 nitrogen and oxygen atoms in total. The summed E-state index contributed by atoms with van der Waals surface area (Å²) in [6, 6.07) is 0. The second-order valence-electron chi connectivity index (χ2n) is 3.61. The van der Waals surface area contributed by atoms with Crippen LogP contribution >= 0.6 is 0 Å². The number of carboxylic acids is 1. The molecule has 0 aromatic rings. The monoisotopic (exact) mass is 200 g/mol. The lowest BCUT2D eigenvalue weighted by Crippen LogP contribution is -2.35. The van der Waals surface area contributed by atoms with Gasteiger partial charge in [0.1, 0.15) is 6.42 Å². The van der Waals surface area contributed by atoms with E-state index in [9.17, 15) is 9.59 Å². The van der Waals surface area contributed by atoms with E-state index in [1.54, 1.807) is 4.90 Å². The van der Waals surface area contributed by atoms with Crippen molar-refractivity contribution in [2.24, 2.45) is 0 Å². The highest BCUT2D eigenvalue weighted by atomic mass is 16.4. The normalized spacial score (nSPS) is 19.1. The average molecular weight is 200 g/mol. The Kier molecular flexibility index (Phi) is 3.88. The third-order valence-corrected chi connectivity index (χ3v) is 2.37. The van der Waals surface area contributed by atoms with E-state index in [4.69, 9.17) is 5.11 Å². The van der Waals surface area contributed by atoms with E-state index in [0.29, 0.717) is 13.1 Å². The van der Waals surface area contributed by atoms with Crippen LogP contribution < -0.4 is 0 Å². The molecular formula is C9H16N2O3. The van der Waals surface area contributed by atoms with Gasteiger partial charge in [-0.2, -0.15) is 0 Å². The van der Waals surface area contributed by atoms with Crippen LogP contribution in [0.15, 0.2) is 0 Å². The van der Waals surface area contributed by atoms with Crippen molar-refractivity contribution < 1.29 is 14.7 Å². The van der Waals surface area contributed by atoms with Crippen LogP contribution in [0.1, 0.15) is 12.8 Å². The molecule has 1 fully saturated rings. The molecule has 1 saturated heterocycles. The van der Waals surface area contributed by atoms with Gasteiger partial charge in [-0.25, -0.2) is 0 Å². The molecule has 1 rings (SSSR count). The van der Waals surface area contributed by atoms with Crippen LogP contribution in [0.5, 0.6) is 0 Å². The number of carboxylic acid groups (broad SMARTS) is 1. The summed E-state index contributed by atoms with van der Waals surface area (Å²) < 4.78 is 0. The zero-order chi connectivity index (χ0) is 10.6. The zero-order valence-electron chi connectivity index (χ0n) is 8.40. The summed E-state index contributed by atoms with van der Waals surface area (Å²) in [4.78, 5) is 25.5. The van der Waals surface area contributed by atoms with Gasteiger partial charge in [-0.15, -0.1) is 0 Å². The molecule has 0 unspecified atom stereocenters. The molecule has 0 spiro atoms. The van der Waals surface area contributed by atoms with Gasteiger partial charge in [0, 0.05) is 19.6 Å². The summed E-state index contributed by atoms with van der Waals surface area (Å²) in [7, 11) is 2.01. The maximum absolute atomic E-state index is 11.4. The van der Waals surface area contributed by atoms with Gasteiger partial charge in [-0.1, -0.05) is 0 Å². The average Bonchev–Trinajstić information content (AvgIpc) is 2.28. The first-order chi connectivity index (χ1) is 6.59. The third-order valence-electron chi connectivity index (χ3n) is 2.37. The fourth-order valence-electron chi connectivity index (χ4n) is 1.54. The van der Waals surface area contributed by atoms with Crippen molar-refractivity contribution in [3.8, 4) is 0 Å². The molecule has 1 heterocycles. The summed E-state index contributed by atoms with van der Waals surface area (Å²) in [5.41, 5.74) is 0. The molecule has 14 heavy (non-hydrogen) atoms. The van der Waals surface area contributed by atoms with E-state index in [-0.39, 0.29) is 12.3 Å². The second kappa shape index (κ2) is 4.95. The number of rotatable bonds is 2. The molecule has 0 aromatic carbocycles. The van der Waals surface area contributed by atoms with Crippen molar-refractivity contribution in [1.29, 1.82) is 0 Å². The van der Waals surface area contributed by atoms with E-state index in [2.05, 4.69) is 4.90 Å². The molecule has 0 aromatic heterocycles. The van der Waals surface area contributed by atoms with Crippen LogP contribution in [0.2, 0.25) is 0 Å². The van der Waals surface area contributed by atoms with E-state index in [0.717, 1.165) is 19.5 Å². The van der Waals surface area contributed by atoms with Gasteiger partial charge in [0.15, 0.2) is 0 Å². The Morgan fingerprint density at radius 2 is 1.93 bits per heavy atom. The highest BCUT2D eigenvalue weighted by Gasteiger charge is 2.19. The van der Waals surface area contributed by atoms with Gasteiger partial charge in [-0.05, 0) is 20.0 Å². The number of likely N-dealkylation sites (N-methyl/N-ethyl adjacent to an activating group) is 1. The largest absolute Gasteiger partial charge is 0.481 e. The smallest absolute Gasteiger partial charge is 0.312 e. The van der Waals surface area contributed by atoms with Crippen molar-refractivity contribution in [1.82, 2.24) is 9.80 Å². The molecule has 0 atom stereocenters. The summed E-state index contributed by atoms with van der Waals surface area (Å²) in [5.74, 6) is -1.32. The molecule has 0 aliphatic carbocycles. The van der Waals surface area contributed by atoms with Gasteiger partial charge in [0.25, 0.3) is 0 Å². The predicted molar refractivity (Wildman–Crippen MR) is 50.9 cm³/mol. The van der Waals surface area contributed by atoms with Crippen LogP contribution in [0.25, 0.3) is 0 Å². The number of carbonyl (C=O) groups is 2. The minimum absolute atomic E-state index is 0.271. The molecule has 1 N–H and O–H groups in total. The molecule has 1 aliphatic rings. The minimum atomic E-state index is -1.05. The van der Waals surface area contributed by atoms with E-state index >= 15 is 0 Å². The van der Waals surface area contributed by atoms with Crippen molar-refractivity contribution in [3.63, 3.8) is 0 Å². The fraction of sp³-hybridized carbons (Fsp3) is 0.778. The topological polar surface area (TPSA) is 60.9 Å². The van der Waals surface area contributed by atoms with Gasteiger partial charge in [0.2, 0.25) is 5.91 Å². The Balaban J connectivity index is 2.43. The van der Waals surface area contributed by atoms with Crippen molar-refractivity contribution in [2.75, 3.05) is 33.2 Å². The second-order valence-corrected chi connectivity index (χ2v) is 3.61. The molecule has 0 radical (unpaired) electrons. The highest BCUT2D eigenvalue weighted by Crippen LogP contribution is 2.03. The molecule has 1 aliphatic heterocycles. The maximum Gasteiger partial charge on any atom is 0.312 e. The number of nitrogens with zero attached hydrogens (tertiary/aromatic N) is 2. The quantitative estimate of drug-likeness (QED) is 0.617. The van der Waals surface area contributed by atoms with E-state index in [1.807, 2.05) is 7.05 Å². The van der Waals surface area contributed by atoms with Gasteiger partial charge in [-0.3, -0.25) is 9.59 Å². The lowest BCUT2D eigenvalue weighted by molar-refractivity contribution is -0.144. The first kappa shape index (κ1) is 11.0. The summed E-state index contributed by atoms with van der Waals surface area (Å²) in [6.07, 6.45) is 0.533. The van der Waals surface area contributed by atoms with Crippen LogP contribution in [-0.2, 0) is 9.59 Å². The van der Waals surface area contributed by atoms with Crippen LogP contribution in [-0.4, -0.2) is 60.0 Å². The van der Waals surface area contributed by atoms with Gasteiger partial charge >= 0.3 is 5.97 Å². The highest BCUT2D eigenvalue weighted by molar-refractivity contribution is 5.93. The zero-order valence-corrected chi connectivity index (χ0v) is 8.40.